The number of carbonyl (C=O) groups is 2. The van der Waals surface area contributed by atoms with E-state index in [1.165, 1.54) is 0 Å². The van der Waals surface area contributed by atoms with Crippen LogP contribution in [0.25, 0.3) is 0 Å². The van der Waals surface area contributed by atoms with Crippen molar-refractivity contribution in [2.24, 2.45) is 0 Å². The molecule has 0 aromatic heterocycles. The van der Waals surface area contributed by atoms with Crippen molar-refractivity contribution in [3.05, 3.63) is 0 Å². The molecule has 1 aliphatic rings. The SMILES string of the molecule is CCOC(=O)C1OC1C(=O)OC(C)OCCOC(C)CC. The van der Waals surface area contributed by atoms with Gasteiger partial charge in [0.15, 0.2) is 18.5 Å². The summed E-state index contributed by atoms with van der Waals surface area (Å²) in [4.78, 5) is 23.0. The summed E-state index contributed by atoms with van der Waals surface area (Å²) < 4.78 is 25.4. The van der Waals surface area contributed by atoms with Crippen LogP contribution < -0.4 is 0 Å². The van der Waals surface area contributed by atoms with E-state index in [0.717, 1.165) is 6.42 Å². The first-order chi connectivity index (χ1) is 9.99. The van der Waals surface area contributed by atoms with Gasteiger partial charge in [-0.3, -0.25) is 0 Å². The van der Waals surface area contributed by atoms with Crippen LogP contribution in [-0.4, -0.2) is 56.4 Å². The molecule has 0 aromatic rings. The average Bonchev–Trinajstić information content (AvgIpc) is 3.24. The molecule has 21 heavy (non-hydrogen) atoms. The van der Waals surface area contributed by atoms with Gasteiger partial charge in [-0.15, -0.1) is 0 Å². The maximum absolute atomic E-state index is 11.7. The molecule has 0 saturated carbocycles. The number of hydrogen-bond acceptors (Lipinski definition) is 7. The highest BCUT2D eigenvalue weighted by atomic mass is 16.7. The summed E-state index contributed by atoms with van der Waals surface area (Å²) in [5, 5.41) is 0. The van der Waals surface area contributed by atoms with E-state index < -0.39 is 30.4 Å². The second-order valence-electron chi connectivity index (χ2n) is 4.69. The van der Waals surface area contributed by atoms with Gasteiger partial charge >= 0.3 is 11.9 Å². The fourth-order valence-electron chi connectivity index (χ4n) is 1.54. The lowest BCUT2D eigenvalue weighted by atomic mass is 10.3. The second-order valence-corrected chi connectivity index (χ2v) is 4.69. The van der Waals surface area contributed by atoms with E-state index in [-0.39, 0.29) is 12.7 Å². The smallest absolute Gasteiger partial charge is 0.340 e. The molecule has 122 valence electrons. The Morgan fingerprint density at radius 3 is 2.29 bits per heavy atom. The number of hydrogen-bond donors (Lipinski definition) is 0. The van der Waals surface area contributed by atoms with Crippen LogP contribution in [0.15, 0.2) is 0 Å². The maximum atomic E-state index is 11.7. The van der Waals surface area contributed by atoms with Crippen LogP contribution in [0, 0.1) is 0 Å². The lowest BCUT2D eigenvalue weighted by Crippen LogP contribution is -2.26. The lowest BCUT2D eigenvalue weighted by molar-refractivity contribution is -0.179. The van der Waals surface area contributed by atoms with Gasteiger partial charge < -0.3 is 23.7 Å². The molecule has 0 amide bonds. The molecule has 4 unspecified atom stereocenters. The van der Waals surface area contributed by atoms with Crippen LogP contribution in [0.4, 0.5) is 0 Å². The highest BCUT2D eigenvalue weighted by Crippen LogP contribution is 2.25. The molecule has 1 heterocycles. The third kappa shape index (κ3) is 6.41. The monoisotopic (exact) mass is 304 g/mol. The van der Waals surface area contributed by atoms with Crippen LogP contribution in [0.5, 0.6) is 0 Å². The van der Waals surface area contributed by atoms with Gasteiger partial charge in [-0.25, -0.2) is 9.59 Å². The fraction of sp³-hybridized carbons (Fsp3) is 0.857. The molecular formula is C14H24O7. The summed E-state index contributed by atoms with van der Waals surface area (Å²) in [6, 6.07) is 0. The first kappa shape index (κ1) is 17.9. The topological polar surface area (TPSA) is 83.6 Å². The first-order valence-corrected chi connectivity index (χ1v) is 7.25. The van der Waals surface area contributed by atoms with Crippen molar-refractivity contribution in [3.8, 4) is 0 Å². The van der Waals surface area contributed by atoms with Gasteiger partial charge in [0.05, 0.1) is 25.9 Å². The minimum absolute atomic E-state index is 0.177. The first-order valence-electron chi connectivity index (χ1n) is 7.25. The van der Waals surface area contributed by atoms with E-state index in [0.29, 0.717) is 13.2 Å². The van der Waals surface area contributed by atoms with Crippen LogP contribution in [-0.2, 0) is 33.3 Å². The summed E-state index contributed by atoms with van der Waals surface area (Å²) in [6.45, 7) is 8.30. The lowest BCUT2D eigenvalue weighted by Gasteiger charge is -2.15. The number of esters is 2. The van der Waals surface area contributed by atoms with Gasteiger partial charge in [-0.05, 0) is 27.2 Å². The van der Waals surface area contributed by atoms with E-state index in [1.54, 1.807) is 13.8 Å². The molecule has 1 saturated heterocycles. The van der Waals surface area contributed by atoms with Crippen molar-refractivity contribution in [1.82, 2.24) is 0 Å². The molecule has 4 atom stereocenters. The summed E-state index contributed by atoms with van der Waals surface area (Å²) in [6.07, 6.45) is -1.34. The Morgan fingerprint density at radius 1 is 1.05 bits per heavy atom. The molecule has 0 radical (unpaired) electrons. The number of carbonyl (C=O) groups excluding carboxylic acids is 2. The zero-order valence-corrected chi connectivity index (χ0v) is 13.0. The number of rotatable bonds is 10. The zero-order chi connectivity index (χ0) is 15.8. The highest BCUT2D eigenvalue weighted by molar-refractivity contribution is 5.89. The van der Waals surface area contributed by atoms with Crippen molar-refractivity contribution in [2.75, 3.05) is 19.8 Å². The Balaban J connectivity index is 2.13. The van der Waals surface area contributed by atoms with Crippen molar-refractivity contribution >= 4 is 11.9 Å². The van der Waals surface area contributed by atoms with Crippen molar-refractivity contribution in [3.63, 3.8) is 0 Å². The van der Waals surface area contributed by atoms with Gasteiger partial charge in [0.25, 0.3) is 0 Å². The third-order valence-electron chi connectivity index (χ3n) is 2.94. The maximum Gasteiger partial charge on any atom is 0.340 e. The summed E-state index contributed by atoms with van der Waals surface area (Å²) in [5.41, 5.74) is 0. The van der Waals surface area contributed by atoms with Gasteiger partial charge in [-0.1, -0.05) is 6.92 Å². The predicted molar refractivity (Wildman–Crippen MR) is 72.5 cm³/mol. The standard InChI is InChI=1S/C14H24O7/c1-5-9(3)18-7-8-19-10(4)20-14(16)12-11(21-12)13(15)17-6-2/h9-12H,5-8H2,1-4H3. The van der Waals surface area contributed by atoms with Crippen molar-refractivity contribution < 1.29 is 33.3 Å². The van der Waals surface area contributed by atoms with Gasteiger partial charge in [0.1, 0.15) is 0 Å². The predicted octanol–water partition coefficient (Wildman–Crippen LogP) is 1.04. The molecule has 1 aliphatic heterocycles. The molecule has 0 spiro atoms. The van der Waals surface area contributed by atoms with E-state index in [4.69, 9.17) is 23.7 Å². The largest absolute Gasteiger partial charge is 0.464 e. The van der Waals surface area contributed by atoms with Gasteiger partial charge in [0.2, 0.25) is 0 Å². The molecule has 1 rings (SSSR count). The van der Waals surface area contributed by atoms with E-state index in [2.05, 4.69) is 0 Å². The molecule has 1 fully saturated rings. The van der Waals surface area contributed by atoms with E-state index in [1.807, 2.05) is 13.8 Å². The fourth-order valence-corrected chi connectivity index (χ4v) is 1.54. The Bertz CT molecular complexity index is 344. The second kappa shape index (κ2) is 8.96. The molecule has 7 heteroatoms. The summed E-state index contributed by atoms with van der Waals surface area (Å²) in [5.74, 6) is -1.17. The molecular weight excluding hydrogens is 280 g/mol. The Hall–Kier alpha value is -1.18. The molecule has 0 N–H and O–H groups in total. The minimum Gasteiger partial charge on any atom is -0.464 e. The Morgan fingerprint density at radius 2 is 1.67 bits per heavy atom. The van der Waals surface area contributed by atoms with Crippen LogP contribution >= 0.6 is 0 Å². The average molecular weight is 304 g/mol. The number of epoxide rings is 1. The van der Waals surface area contributed by atoms with E-state index in [9.17, 15) is 9.59 Å². The molecule has 7 nitrogen and oxygen atoms in total. The Labute approximate surface area is 124 Å². The molecule has 0 aromatic carbocycles. The van der Waals surface area contributed by atoms with Crippen molar-refractivity contribution in [1.29, 1.82) is 0 Å². The Kier molecular flexibility index (Phi) is 7.63. The van der Waals surface area contributed by atoms with Gasteiger partial charge in [-0.2, -0.15) is 0 Å². The third-order valence-corrected chi connectivity index (χ3v) is 2.94. The summed E-state index contributed by atoms with van der Waals surface area (Å²) >= 11 is 0. The molecule has 0 aliphatic carbocycles. The normalized spacial score (nSPS) is 23.2. The number of ether oxygens (including phenoxy) is 5. The van der Waals surface area contributed by atoms with Crippen LogP contribution in [0.3, 0.4) is 0 Å². The molecule has 0 bridgehead atoms. The highest BCUT2D eigenvalue weighted by Gasteiger charge is 2.53. The van der Waals surface area contributed by atoms with Crippen molar-refractivity contribution in [2.45, 2.75) is 58.7 Å². The quantitative estimate of drug-likeness (QED) is 0.258. The van der Waals surface area contributed by atoms with Crippen LogP contribution in [0.1, 0.15) is 34.1 Å². The van der Waals surface area contributed by atoms with E-state index >= 15 is 0 Å². The minimum atomic E-state index is -0.883. The van der Waals surface area contributed by atoms with Gasteiger partial charge in [0, 0.05) is 0 Å². The summed E-state index contributed by atoms with van der Waals surface area (Å²) in [7, 11) is 0. The van der Waals surface area contributed by atoms with Crippen LogP contribution in [0.2, 0.25) is 0 Å². The zero-order valence-electron chi connectivity index (χ0n) is 13.0.